The summed E-state index contributed by atoms with van der Waals surface area (Å²) in [5, 5.41) is 12.2. The minimum atomic E-state index is -5.06. The lowest BCUT2D eigenvalue weighted by Gasteiger charge is -2.42. The van der Waals surface area contributed by atoms with E-state index in [1.807, 2.05) is 11.8 Å². The largest absolute Gasteiger partial charge is 0.573 e. The number of nitrogens with zero attached hydrogens (tertiary/aromatic N) is 5. The highest BCUT2D eigenvalue weighted by atomic mass is 35.5. The molecule has 0 saturated carbocycles. The predicted molar refractivity (Wildman–Crippen MR) is 219 cm³/mol. The average Bonchev–Trinajstić information content (AvgIpc) is 3.86. The summed E-state index contributed by atoms with van der Waals surface area (Å²) < 4.78 is 56.8. The third kappa shape index (κ3) is 10.1. The van der Waals surface area contributed by atoms with Gasteiger partial charge in [0.2, 0.25) is 5.91 Å². The lowest BCUT2D eigenvalue weighted by molar-refractivity contribution is -0.274. The number of alkyl halides is 3. The minimum Gasteiger partial charge on any atom is -0.444 e. The molecule has 4 heterocycles. The van der Waals surface area contributed by atoms with Crippen LogP contribution in [0.2, 0.25) is 5.02 Å². The number of carbonyl (C=O) groups excluding carboxylic acids is 3. The Kier molecular flexibility index (Phi) is 12.7. The summed E-state index contributed by atoms with van der Waals surface area (Å²) in [5.41, 5.74) is -0.0106. The van der Waals surface area contributed by atoms with Crippen molar-refractivity contribution < 1.29 is 46.9 Å². The van der Waals surface area contributed by atoms with Crippen LogP contribution in [0.5, 0.6) is 5.75 Å². The molecule has 60 heavy (non-hydrogen) atoms. The van der Waals surface area contributed by atoms with Gasteiger partial charge in [0.1, 0.15) is 23.0 Å². The fourth-order valence-electron chi connectivity index (χ4n) is 7.17. The van der Waals surface area contributed by atoms with Crippen LogP contribution in [0.25, 0.3) is 22.4 Å². The van der Waals surface area contributed by atoms with E-state index in [9.17, 15) is 32.7 Å². The van der Waals surface area contributed by atoms with Crippen molar-refractivity contribution in [3.05, 3.63) is 77.3 Å². The summed E-state index contributed by atoms with van der Waals surface area (Å²) in [6.07, 6.45) is -2.23. The number of pyridine rings is 1. The lowest BCUT2D eigenvalue weighted by Crippen LogP contribution is -2.56. The molecule has 322 valence electrons. The summed E-state index contributed by atoms with van der Waals surface area (Å²) in [5.74, 6) is -0.285. The number of piperazine rings is 1. The SMILES string of the molecule is CO[C@H]1C[C@@H](c2nc(-c3ccc(-c4cc(Cl)c(NC(=O)c5ccc(N6CCN(C(=O)C(C)(C)CO)C[C@H]6C)nc5)cc4OC(F)(F)F)cc3)c[nH]2)N(C(=O)OC(C)(C)C)C1. The van der Waals surface area contributed by atoms with Crippen molar-refractivity contribution >= 4 is 41.0 Å². The first kappa shape index (κ1) is 44.2. The average molecular weight is 856 g/mol. The number of rotatable bonds is 10. The van der Waals surface area contributed by atoms with Crippen LogP contribution in [0.4, 0.5) is 29.5 Å². The third-order valence-electron chi connectivity index (χ3n) is 10.4. The second kappa shape index (κ2) is 17.3. The molecule has 2 aromatic carbocycles. The van der Waals surface area contributed by atoms with E-state index >= 15 is 0 Å². The smallest absolute Gasteiger partial charge is 0.444 e. The molecule has 6 rings (SSSR count). The zero-order chi connectivity index (χ0) is 43.7. The maximum absolute atomic E-state index is 13.7. The Morgan fingerprint density at radius 2 is 1.70 bits per heavy atom. The van der Waals surface area contributed by atoms with Gasteiger partial charge in [0.15, 0.2) is 0 Å². The van der Waals surface area contributed by atoms with Gasteiger partial charge in [-0.25, -0.2) is 14.8 Å². The number of aliphatic hydroxyl groups excluding tert-OH is 1. The van der Waals surface area contributed by atoms with Gasteiger partial charge in [0.25, 0.3) is 5.91 Å². The molecule has 0 radical (unpaired) electrons. The van der Waals surface area contributed by atoms with E-state index in [0.29, 0.717) is 61.1 Å². The van der Waals surface area contributed by atoms with Crippen molar-refractivity contribution in [2.75, 3.05) is 50.1 Å². The second-order valence-electron chi connectivity index (χ2n) is 16.6. The molecule has 0 bridgehead atoms. The van der Waals surface area contributed by atoms with E-state index in [1.165, 1.54) is 18.3 Å². The number of H-pyrrole nitrogens is 1. The lowest BCUT2D eigenvalue weighted by atomic mass is 9.92. The fraction of sp³-hybridized carbons (Fsp3) is 0.452. The van der Waals surface area contributed by atoms with Gasteiger partial charge in [0.05, 0.1) is 52.7 Å². The molecule has 2 aliphatic heterocycles. The highest BCUT2D eigenvalue weighted by molar-refractivity contribution is 6.34. The van der Waals surface area contributed by atoms with Gasteiger partial charge < -0.3 is 39.4 Å². The number of hydrogen-bond acceptors (Lipinski definition) is 10. The van der Waals surface area contributed by atoms with Gasteiger partial charge in [-0.1, -0.05) is 35.9 Å². The van der Waals surface area contributed by atoms with Crippen LogP contribution in [0.15, 0.2) is 60.9 Å². The standard InChI is InChI=1S/C42H49ClF3N7O7/c1-24-21-51(38(56)41(5,6)23-54)14-15-52(24)35-13-12-27(19-47-35)37(55)50-31-18-34(59-42(44,45)46)29(17-30(31)43)25-8-10-26(11-9-25)32-20-48-36(49-32)33-16-28(58-7)22-53(33)39(57)60-40(2,3)4/h8-13,17-20,24,28,33,54H,14-16,21-23H2,1-7H3,(H,48,49)(H,50,55)/t24-,28+,33+/m1/s1. The highest BCUT2D eigenvalue weighted by Gasteiger charge is 2.40. The summed E-state index contributed by atoms with van der Waals surface area (Å²) in [7, 11) is 1.58. The first-order chi connectivity index (χ1) is 28.2. The Labute approximate surface area is 351 Å². The van der Waals surface area contributed by atoms with Gasteiger partial charge in [-0.05, 0) is 65.3 Å². The van der Waals surface area contributed by atoms with Crippen molar-refractivity contribution in [3.63, 3.8) is 0 Å². The number of aliphatic hydroxyl groups is 1. The molecular weight excluding hydrogens is 807 g/mol. The molecule has 3 amide bonds. The first-order valence-corrected chi connectivity index (χ1v) is 19.8. The van der Waals surface area contributed by atoms with Crippen molar-refractivity contribution in [2.45, 2.75) is 78.1 Å². The molecule has 2 aromatic heterocycles. The molecule has 0 unspecified atom stereocenters. The third-order valence-corrected chi connectivity index (χ3v) is 10.7. The monoisotopic (exact) mass is 855 g/mol. The number of likely N-dealkylation sites (tertiary alicyclic amines) is 1. The van der Waals surface area contributed by atoms with Gasteiger partial charge in [-0.3, -0.25) is 14.5 Å². The van der Waals surface area contributed by atoms with E-state index in [4.69, 9.17) is 26.1 Å². The number of aromatic amines is 1. The molecule has 2 fully saturated rings. The number of anilines is 2. The van der Waals surface area contributed by atoms with E-state index in [-0.39, 0.29) is 46.5 Å². The summed E-state index contributed by atoms with van der Waals surface area (Å²) >= 11 is 6.57. The summed E-state index contributed by atoms with van der Waals surface area (Å²) in [6, 6.07) is 11.5. The number of aromatic nitrogens is 3. The maximum Gasteiger partial charge on any atom is 0.573 e. The number of hydrogen-bond donors (Lipinski definition) is 3. The second-order valence-corrected chi connectivity index (χ2v) is 17.0. The highest BCUT2D eigenvalue weighted by Crippen LogP contribution is 2.41. The minimum absolute atomic E-state index is 0.0241. The normalized spacial score (nSPS) is 18.7. The Morgan fingerprint density at radius 3 is 2.30 bits per heavy atom. The van der Waals surface area contributed by atoms with Crippen molar-refractivity contribution in [2.24, 2.45) is 5.41 Å². The first-order valence-electron chi connectivity index (χ1n) is 19.4. The zero-order valence-electron chi connectivity index (χ0n) is 34.4. The fourth-order valence-corrected chi connectivity index (χ4v) is 7.38. The van der Waals surface area contributed by atoms with E-state index in [0.717, 1.165) is 6.07 Å². The van der Waals surface area contributed by atoms with Crippen LogP contribution in [0.1, 0.15) is 70.2 Å². The Morgan fingerprint density at radius 1 is 1.00 bits per heavy atom. The molecule has 3 N–H and O–H groups in total. The molecule has 4 aromatic rings. The van der Waals surface area contributed by atoms with Crippen LogP contribution in [-0.4, -0.2) is 112 Å². The van der Waals surface area contributed by atoms with E-state index < -0.39 is 41.2 Å². The quantitative estimate of drug-likeness (QED) is 0.144. The van der Waals surface area contributed by atoms with Gasteiger partial charge in [-0.15, -0.1) is 13.2 Å². The van der Waals surface area contributed by atoms with Crippen LogP contribution < -0.4 is 15.0 Å². The van der Waals surface area contributed by atoms with Crippen LogP contribution >= 0.6 is 11.6 Å². The maximum atomic E-state index is 13.7. The molecule has 0 spiro atoms. The van der Waals surface area contributed by atoms with Crippen molar-refractivity contribution in [1.29, 1.82) is 0 Å². The van der Waals surface area contributed by atoms with Gasteiger partial charge >= 0.3 is 12.5 Å². The molecule has 14 nitrogen and oxygen atoms in total. The zero-order valence-corrected chi connectivity index (χ0v) is 35.1. The number of methoxy groups -OCH3 is 1. The Balaban J connectivity index is 1.16. The number of ether oxygens (including phenoxy) is 3. The van der Waals surface area contributed by atoms with Crippen LogP contribution in [0, 0.1) is 5.41 Å². The number of halogens is 4. The van der Waals surface area contributed by atoms with Crippen LogP contribution in [-0.2, 0) is 14.3 Å². The number of nitrogens with one attached hydrogen (secondary N) is 2. The Hall–Kier alpha value is -5.39. The summed E-state index contributed by atoms with van der Waals surface area (Å²) in [6.45, 7) is 12.1. The van der Waals surface area contributed by atoms with Crippen molar-refractivity contribution in [1.82, 2.24) is 24.8 Å². The molecule has 0 aliphatic carbocycles. The topological polar surface area (TPSA) is 162 Å². The molecule has 3 atom stereocenters. The summed E-state index contributed by atoms with van der Waals surface area (Å²) in [4.78, 5) is 56.9. The molecule has 2 aliphatic rings. The van der Waals surface area contributed by atoms with E-state index in [2.05, 4.69) is 20.0 Å². The number of benzene rings is 2. The molecule has 18 heteroatoms. The predicted octanol–water partition coefficient (Wildman–Crippen LogP) is 7.70. The van der Waals surface area contributed by atoms with Gasteiger partial charge in [0, 0.05) is 68.8 Å². The number of amides is 3. The Bertz CT molecular complexity index is 2190. The molecule has 2 saturated heterocycles. The van der Waals surface area contributed by atoms with Gasteiger partial charge in [-0.2, -0.15) is 0 Å². The van der Waals surface area contributed by atoms with Crippen molar-refractivity contribution in [3.8, 4) is 28.1 Å². The number of carbonyl (C=O) groups is 3. The van der Waals surface area contributed by atoms with E-state index in [1.54, 1.807) is 88.1 Å². The van der Waals surface area contributed by atoms with Crippen LogP contribution in [0.3, 0.4) is 0 Å². The molecular formula is C42H49ClF3N7O7. The number of imidazole rings is 1.